The van der Waals surface area contributed by atoms with Crippen LogP contribution in [-0.4, -0.2) is 55.2 Å². The molecule has 1 aliphatic rings. The summed E-state index contributed by atoms with van der Waals surface area (Å²) >= 11 is 12.2. The summed E-state index contributed by atoms with van der Waals surface area (Å²) in [7, 11) is -2.80. The SMILES string of the molecule is CC(C)(C)[Si](O[C@@]1(C)COCCN(c2nc(Cl)nc(Cl)n2)C1)(c1ccccc1)c1ccccc1. The van der Waals surface area contributed by atoms with Gasteiger partial charge < -0.3 is 14.1 Å². The van der Waals surface area contributed by atoms with Crippen LogP contribution >= 0.6 is 23.2 Å². The largest absolute Gasteiger partial charge is 0.398 e. The quantitative estimate of drug-likeness (QED) is 0.469. The molecule has 0 saturated carbocycles. The summed E-state index contributed by atoms with van der Waals surface area (Å²) in [5, 5.41) is 2.41. The van der Waals surface area contributed by atoms with Crippen LogP contribution in [0.3, 0.4) is 0 Å². The molecule has 0 bridgehead atoms. The van der Waals surface area contributed by atoms with E-state index in [9.17, 15) is 0 Å². The lowest BCUT2D eigenvalue weighted by Gasteiger charge is -2.48. The van der Waals surface area contributed by atoms with Crippen molar-refractivity contribution in [2.45, 2.75) is 38.3 Å². The molecule has 1 saturated heterocycles. The van der Waals surface area contributed by atoms with E-state index >= 15 is 0 Å². The molecular weight excluding hydrogens is 487 g/mol. The first-order valence-corrected chi connectivity index (χ1v) is 14.0. The molecule has 1 aliphatic heterocycles. The minimum Gasteiger partial charge on any atom is -0.398 e. The Morgan fingerprint density at radius 3 is 1.94 bits per heavy atom. The van der Waals surface area contributed by atoms with Crippen molar-refractivity contribution in [2.24, 2.45) is 0 Å². The molecule has 1 aromatic heterocycles. The van der Waals surface area contributed by atoms with E-state index in [-0.39, 0.29) is 15.6 Å². The number of hydrogen-bond donors (Lipinski definition) is 0. The molecule has 180 valence electrons. The molecule has 0 spiro atoms. The number of nitrogens with zero attached hydrogens (tertiary/aromatic N) is 4. The van der Waals surface area contributed by atoms with Crippen molar-refractivity contribution >= 4 is 47.8 Å². The molecule has 3 aromatic rings. The molecular formula is C25H30Cl2N4O2Si. The van der Waals surface area contributed by atoms with E-state index in [0.717, 1.165) is 0 Å². The molecule has 2 heterocycles. The second kappa shape index (κ2) is 9.91. The minimum absolute atomic E-state index is 0.0646. The molecule has 0 unspecified atom stereocenters. The molecule has 34 heavy (non-hydrogen) atoms. The Labute approximate surface area is 212 Å². The zero-order chi connectivity index (χ0) is 24.4. The predicted octanol–water partition coefficient (Wildman–Crippen LogP) is 4.35. The van der Waals surface area contributed by atoms with Gasteiger partial charge in [-0.05, 0) is 45.5 Å². The predicted molar refractivity (Wildman–Crippen MR) is 140 cm³/mol. The number of rotatable bonds is 5. The summed E-state index contributed by atoms with van der Waals surface area (Å²) in [6.45, 7) is 11.0. The van der Waals surface area contributed by atoms with Crippen molar-refractivity contribution in [1.29, 1.82) is 0 Å². The van der Waals surface area contributed by atoms with Gasteiger partial charge in [0.25, 0.3) is 8.32 Å². The highest BCUT2D eigenvalue weighted by Crippen LogP contribution is 2.40. The summed E-state index contributed by atoms with van der Waals surface area (Å²) in [6, 6.07) is 21.2. The first-order valence-electron chi connectivity index (χ1n) is 11.3. The average molecular weight is 518 g/mol. The third-order valence-corrected chi connectivity index (χ3v) is 11.6. The fraction of sp³-hybridized carbons (Fsp3) is 0.400. The fourth-order valence-corrected chi connectivity index (χ4v) is 9.85. The maximum atomic E-state index is 7.43. The summed E-state index contributed by atoms with van der Waals surface area (Å²) in [6.07, 6.45) is 0. The number of halogens is 2. The summed E-state index contributed by atoms with van der Waals surface area (Å²) < 4.78 is 13.5. The summed E-state index contributed by atoms with van der Waals surface area (Å²) in [5.74, 6) is 0.424. The Kier molecular flexibility index (Phi) is 7.31. The van der Waals surface area contributed by atoms with E-state index in [0.29, 0.717) is 32.3 Å². The molecule has 0 aliphatic carbocycles. The molecule has 6 nitrogen and oxygen atoms in total. The van der Waals surface area contributed by atoms with Gasteiger partial charge in [0, 0.05) is 6.54 Å². The smallest absolute Gasteiger partial charge is 0.262 e. The molecule has 0 N–H and O–H groups in total. The lowest BCUT2D eigenvalue weighted by Crippen LogP contribution is -2.70. The number of anilines is 1. The molecule has 1 fully saturated rings. The minimum atomic E-state index is -2.80. The monoisotopic (exact) mass is 516 g/mol. The third-order valence-electron chi connectivity index (χ3n) is 6.11. The van der Waals surface area contributed by atoms with Gasteiger partial charge in [0.15, 0.2) is 0 Å². The van der Waals surface area contributed by atoms with Gasteiger partial charge >= 0.3 is 0 Å². The number of hydrogen-bond acceptors (Lipinski definition) is 6. The second-order valence-corrected chi connectivity index (χ2v) is 14.8. The zero-order valence-electron chi connectivity index (χ0n) is 20.0. The molecule has 2 aromatic carbocycles. The highest BCUT2D eigenvalue weighted by Gasteiger charge is 2.54. The standard InChI is InChI=1S/C25H30Cl2N4O2Si/c1-24(2,3)34(19-11-7-5-8-12-19,20-13-9-6-10-14-20)33-25(4)17-31(15-16-32-18-25)23-29-21(26)28-22(27)30-23/h5-14H,15-18H2,1-4H3/t25-/m1/s1. The van der Waals surface area contributed by atoms with Crippen LogP contribution in [0.1, 0.15) is 27.7 Å². The van der Waals surface area contributed by atoms with E-state index in [2.05, 4.69) is 91.2 Å². The zero-order valence-corrected chi connectivity index (χ0v) is 22.5. The van der Waals surface area contributed by atoms with Crippen molar-refractivity contribution in [3.05, 3.63) is 71.2 Å². The average Bonchev–Trinajstić information content (AvgIpc) is 2.99. The molecule has 1 atom stereocenters. The Morgan fingerprint density at radius 2 is 1.44 bits per heavy atom. The van der Waals surface area contributed by atoms with Crippen LogP contribution < -0.4 is 15.3 Å². The third kappa shape index (κ3) is 5.14. The maximum Gasteiger partial charge on any atom is 0.262 e. The molecule has 0 amide bonds. The molecule has 0 radical (unpaired) electrons. The van der Waals surface area contributed by atoms with Crippen molar-refractivity contribution in [3.8, 4) is 0 Å². The second-order valence-electron chi connectivity index (χ2n) is 9.86. The first kappa shape index (κ1) is 25.1. The van der Waals surface area contributed by atoms with Gasteiger partial charge in [-0.3, -0.25) is 0 Å². The van der Waals surface area contributed by atoms with Crippen molar-refractivity contribution in [3.63, 3.8) is 0 Å². The Balaban J connectivity index is 1.81. The Morgan fingerprint density at radius 1 is 0.912 bits per heavy atom. The van der Waals surface area contributed by atoms with Crippen LogP contribution in [0.4, 0.5) is 5.95 Å². The van der Waals surface area contributed by atoms with Gasteiger partial charge in [0.1, 0.15) is 0 Å². The van der Waals surface area contributed by atoms with Gasteiger partial charge in [-0.2, -0.15) is 15.0 Å². The van der Waals surface area contributed by atoms with E-state index < -0.39 is 13.9 Å². The topological polar surface area (TPSA) is 60.4 Å². The number of benzene rings is 2. The van der Waals surface area contributed by atoms with Crippen LogP contribution in [-0.2, 0) is 9.16 Å². The van der Waals surface area contributed by atoms with Gasteiger partial charge in [-0.25, -0.2) is 0 Å². The number of ether oxygens (including phenoxy) is 1. The lowest BCUT2D eigenvalue weighted by molar-refractivity contribution is -0.000393. The van der Waals surface area contributed by atoms with Crippen molar-refractivity contribution < 1.29 is 9.16 Å². The van der Waals surface area contributed by atoms with Gasteiger partial charge in [0.2, 0.25) is 16.5 Å². The van der Waals surface area contributed by atoms with Crippen LogP contribution in [0.5, 0.6) is 0 Å². The van der Waals surface area contributed by atoms with Crippen LogP contribution in [0.15, 0.2) is 60.7 Å². The highest BCUT2D eigenvalue weighted by molar-refractivity contribution is 6.99. The van der Waals surface area contributed by atoms with Crippen LogP contribution in [0.25, 0.3) is 0 Å². The van der Waals surface area contributed by atoms with Gasteiger partial charge in [-0.15, -0.1) is 0 Å². The fourth-order valence-electron chi connectivity index (χ4n) is 4.70. The van der Waals surface area contributed by atoms with E-state index in [1.165, 1.54) is 10.4 Å². The normalized spacial score (nSPS) is 19.6. The Hall–Kier alpha value is -2.03. The summed E-state index contributed by atoms with van der Waals surface area (Å²) in [5.41, 5.74) is -0.646. The van der Waals surface area contributed by atoms with Crippen molar-refractivity contribution in [2.75, 3.05) is 31.2 Å². The van der Waals surface area contributed by atoms with E-state index in [1.54, 1.807) is 0 Å². The number of aromatic nitrogens is 3. The van der Waals surface area contributed by atoms with Crippen molar-refractivity contribution in [1.82, 2.24) is 15.0 Å². The highest BCUT2D eigenvalue weighted by atomic mass is 35.5. The van der Waals surface area contributed by atoms with Crippen LogP contribution in [0, 0.1) is 0 Å². The molecule has 9 heteroatoms. The maximum absolute atomic E-state index is 7.43. The Bertz CT molecular complexity index is 1060. The van der Waals surface area contributed by atoms with E-state index in [1.807, 2.05) is 17.0 Å². The lowest BCUT2D eigenvalue weighted by atomic mass is 10.1. The van der Waals surface area contributed by atoms with Gasteiger partial charge in [-0.1, -0.05) is 81.4 Å². The van der Waals surface area contributed by atoms with Gasteiger partial charge in [0.05, 0.1) is 25.4 Å². The first-order chi connectivity index (χ1) is 16.1. The van der Waals surface area contributed by atoms with Crippen LogP contribution in [0.2, 0.25) is 15.6 Å². The molecule has 4 rings (SSSR count). The summed E-state index contributed by atoms with van der Waals surface area (Å²) in [4.78, 5) is 14.5. The van der Waals surface area contributed by atoms with E-state index in [4.69, 9.17) is 32.4 Å².